The molecule has 1 aliphatic heterocycles. The molecule has 0 bridgehead atoms. The topological polar surface area (TPSA) is 80.3 Å². The third-order valence-electron chi connectivity index (χ3n) is 4.17. The highest BCUT2D eigenvalue weighted by Crippen LogP contribution is 2.46. The lowest BCUT2D eigenvalue weighted by molar-refractivity contribution is -0.141. The molecule has 0 unspecified atom stereocenters. The summed E-state index contributed by atoms with van der Waals surface area (Å²) in [6.07, 6.45) is 0. The summed E-state index contributed by atoms with van der Waals surface area (Å²) >= 11 is 0. The van der Waals surface area contributed by atoms with Gasteiger partial charge in [-0.05, 0) is 23.8 Å². The number of hydrogen-bond acceptors (Lipinski definition) is 7. The van der Waals surface area contributed by atoms with E-state index in [1.165, 1.54) is 21.1 Å². The number of rotatable bonds is 7. The highest BCUT2D eigenvalue weighted by atomic mass is 16.6. The van der Waals surface area contributed by atoms with E-state index in [-0.39, 0.29) is 31.8 Å². The number of methoxy groups -OCH3 is 2. The summed E-state index contributed by atoms with van der Waals surface area (Å²) < 4.78 is 26.8. The first-order valence-corrected chi connectivity index (χ1v) is 8.37. The Morgan fingerprint density at radius 1 is 1.00 bits per heavy atom. The van der Waals surface area contributed by atoms with Crippen LogP contribution in [-0.2, 0) is 20.9 Å². The molecule has 1 heterocycles. The normalized spacial score (nSPS) is 12.2. The van der Waals surface area contributed by atoms with E-state index in [2.05, 4.69) is 0 Å². The monoisotopic (exact) mass is 372 g/mol. The van der Waals surface area contributed by atoms with Crippen molar-refractivity contribution in [2.45, 2.75) is 13.5 Å². The van der Waals surface area contributed by atoms with Crippen molar-refractivity contribution in [1.82, 2.24) is 0 Å². The van der Waals surface area contributed by atoms with Crippen molar-refractivity contribution in [3.63, 3.8) is 0 Å². The second kappa shape index (κ2) is 7.99. The summed E-state index contributed by atoms with van der Waals surface area (Å²) in [7, 11) is 3.05. The Morgan fingerprint density at radius 3 is 2.48 bits per heavy atom. The molecule has 0 saturated carbocycles. The lowest BCUT2D eigenvalue weighted by Gasteiger charge is -2.18. The molecule has 1 aliphatic rings. The minimum absolute atomic E-state index is 0.101. The fourth-order valence-corrected chi connectivity index (χ4v) is 2.98. The highest BCUT2D eigenvalue weighted by molar-refractivity contribution is 5.96. The number of carbonyl (C=O) groups excluding carboxylic acids is 2. The van der Waals surface area contributed by atoms with E-state index < -0.39 is 0 Å². The van der Waals surface area contributed by atoms with Gasteiger partial charge in [0.2, 0.25) is 5.75 Å². The molecule has 0 fully saturated rings. The fraction of sp³-hybridized carbons (Fsp3) is 0.300. The number of cyclic esters (lactones) is 1. The maximum atomic E-state index is 11.9. The van der Waals surface area contributed by atoms with Gasteiger partial charge < -0.3 is 23.7 Å². The number of esters is 2. The zero-order valence-electron chi connectivity index (χ0n) is 15.4. The van der Waals surface area contributed by atoms with Crippen LogP contribution in [0.25, 0.3) is 11.1 Å². The summed E-state index contributed by atoms with van der Waals surface area (Å²) in [6, 6.07) is 9.02. The molecule has 3 rings (SSSR count). The van der Waals surface area contributed by atoms with E-state index in [0.717, 1.165) is 16.7 Å². The van der Waals surface area contributed by atoms with Crippen molar-refractivity contribution < 1.29 is 33.3 Å². The van der Waals surface area contributed by atoms with E-state index in [0.29, 0.717) is 22.8 Å². The molecule has 142 valence electrons. The third-order valence-corrected chi connectivity index (χ3v) is 4.17. The number of fused-ring (bicyclic) bond motifs is 1. The quantitative estimate of drug-likeness (QED) is 0.546. The van der Waals surface area contributed by atoms with Crippen molar-refractivity contribution in [1.29, 1.82) is 0 Å². The molecule has 7 heteroatoms. The van der Waals surface area contributed by atoms with Crippen LogP contribution in [0.3, 0.4) is 0 Å². The molecule has 0 aliphatic carbocycles. The minimum Gasteiger partial charge on any atom is -0.493 e. The average molecular weight is 372 g/mol. The average Bonchev–Trinajstić information content (AvgIpc) is 3.05. The molecule has 0 radical (unpaired) electrons. The van der Waals surface area contributed by atoms with Crippen LogP contribution in [0.2, 0.25) is 0 Å². The van der Waals surface area contributed by atoms with Crippen molar-refractivity contribution in [3.05, 3.63) is 41.5 Å². The van der Waals surface area contributed by atoms with Gasteiger partial charge in [0.1, 0.15) is 19.8 Å². The molecular weight excluding hydrogens is 352 g/mol. The molecule has 7 nitrogen and oxygen atoms in total. The zero-order chi connectivity index (χ0) is 19.4. The summed E-state index contributed by atoms with van der Waals surface area (Å²) in [5.41, 5.74) is 2.86. The Labute approximate surface area is 156 Å². The zero-order valence-corrected chi connectivity index (χ0v) is 15.4. The predicted molar refractivity (Wildman–Crippen MR) is 96.2 cm³/mol. The van der Waals surface area contributed by atoms with Crippen LogP contribution >= 0.6 is 0 Å². The molecule has 0 saturated heterocycles. The standard InChI is InChI=1S/C20H20O7/c1-12(21)25-9-10-26-18-14(7-8-17(23-2)19(18)24-3)13-5-4-6-15-16(13)11-27-20(15)22/h4-8H,9-11H2,1-3H3. The van der Waals surface area contributed by atoms with Gasteiger partial charge in [0.15, 0.2) is 11.5 Å². The smallest absolute Gasteiger partial charge is 0.338 e. The molecule has 0 atom stereocenters. The molecule has 0 N–H and O–H groups in total. The van der Waals surface area contributed by atoms with Crippen LogP contribution in [0.15, 0.2) is 30.3 Å². The number of benzene rings is 2. The Bertz CT molecular complexity index is 873. The summed E-state index contributed by atoms with van der Waals surface area (Å²) in [5.74, 6) is 0.638. The van der Waals surface area contributed by atoms with Crippen molar-refractivity contribution in [2.75, 3.05) is 27.4 Å². The largest absolute Gasteiger partial charge is 0.493 e. The van der Waals surface area contributed by atoms with Crippen LogP contribution in [0.5, 0.6) is 17.2 Å². The molecule has 0 aromatic heterocycles. The van der Waals surface area contributed by atoms with Gasteiger partial charge in [0.25, 0.3) is 0 Å². The Balaban J connectivity index is 2.05. The van der Waals surface area contributed by atoms with Gasteiger partial charge in [0, 0.05) is 18.1 Å². The molecule has 0 amide bonds. The fourth-order valence-electron chi connectivity index (χ4n) is 2.98. The summed E-state index contributed by atoms with van der Waals surface area (Å²) in [6.45, 7) is 1.78. The van der Waals surface area contributed by atoms with E-state index in [4.69, 9.17) is 23.7 Å². The lowest BCUT2D eigenvalue weighted by Crippen LogP contribution is -2.11. The second-order valence-corrected chi connectivity index (χ2v) is 5.77. The summed E-state index contributed by atoms with van der Waals surface area (Å²) in [4.78, 5) is 22.8. The van der Waals surface area contributed by atoms with Crippen LogP contribution < -0.4 is 14.2 Å². The summed E-state index contributed by atoms with van der Waals surface area (Å²) in [5, 5.41) is 0. The van der Waals surface area contributed by atoms with Crippen LogP contribution in [0.4, 0.5) is 0 Å². The van der Waals surface area contributed by atoms with E-state index in [9.17, 15) is 9.59 Å². The Hall–Kier alpha value is -3.22. The first-order chi connectivity index (χ1) is 13.1. The van der Waals surface area contributed by atoms with E-state index in [1.54, 1.807) is 18.2 Å². The Kier molecular flexibility index (Phi) is 5.49. The molecule has 27 heavy (non-hydrogen) atoms. The minimum atomic E-state index is -0.382. The van der Waals surface area contributed by atoms with Gasteiger partial charge in [0.05, 0.1) is 19.8 Å². The van der Waals surface area contributed by atoms with Gasteiger partial charge in [-0.2, -0.15) is 0 Å². The SMILES string of the molecule is COc1ccc(-c2cccc3c2COC3=O)c(OCCOC(C)=O)c1OC. The van der Waals surface area contributed by atoms with Gasteiger partial charge in [-0.25, -0.2) is 4.79 Å². The molecule has 2 aromatic rings. The second-order valence-electron chi connectivity index (χ2n) is 5.77. The van der Waals surface area contributed by atoms with Crippen molar-refractivity contribution in [3.8, 4) is 28.4 Å². The van der Waals surface area contributed by atoms with Crippen LogP contribution in [0.1, 0.15) is 22.8 Å². The predicted octanol–water partition coefficient (Wildman–Crippen LogP) is 2.98. The lowest BCUT2D eigenvalue weighted by atomic mass is 9.95. The number of carbonyl (C=O) groups is 2. The maximum absolute atomic E-state index is 11.9. The van der Waals surface area contributed by atoms with Gasteiger partial charge in [-0.3, -0.25) is 4.79 Å². The van der Waals surface area contributed by atoms with E-state index >= 15 is 0 Å². The number of hydrogen-bond donors (Lipinski definition) is 0. The van der Waals surface area contributed by atoms with Gasteiger partial charge in [-0.1, -0.05) is 12.1 Å². The van der Waals surface area contributed by atoms with Crippen molar-refractivity contribution >= 4 is 11.9 Å². The van der Waals surface area contributed by atoms with Gasteiger partial charge in [-0.15, -0.1) is 0 Å². The molecule has 0 spiro atoms. The van der Waals surface area contributed by atoms with Gasteiger partial charge >= 0.3 is 11.9 Å². The highest BCUT2D eigenvalue weighted by Gasteiger charge is 2.27. The van der Waals surface area contributed by atoms with E-state index in [1.807, 2.05) is 12.1 Å². The maximum Gasteiger partial charge on any atom is 0.338 e. The van der Waals surface area contributed by atoms with Crippen molar-refractivity contribution in [2.24, 2.45) is 0 Å². The first-order valence-electron chi connectivity index (χ1n) is 8.37. The van der Waals surface area contributed by atoms with Crippen LogP contribution in [0, 0.1) is 0 Å². The molecule has 2 aromatic carbocycles. The Morgan fingerprint density at radius 2 is 1.78 bits per heavy atom. The van der Waals surface area contributed by atoms with Crippen LogP contribution in [-0.4, -0.2) is 39.4 Å². The third kappa shape index (κ3) is 3.67. The molecular formula is C20H20O7. The number of ether oxygens (including phenoxy) is 5. The first kappa shape index (κ1) is 18.6.